The first kappa shape index (κ1) is 14.5. The number of hydrogen-bond donors (Lipinski definition) is 2. The molecule has 2 rings (SSSR count). The predicted molar refractivity (Wildman–Crippen MR) is 82.5 cm³/mol. The van der Waals surface area contributed by atoms with Gasteiger partial charge in [-0.3, -0.25) is 4.79 Å². The molecule has 1 saturated heterocycles. The Morgan fingerprint density at radius 3 is 2.47 bits per heavy atom. The van der Waals surface area contributed by atoms with E-state index in [1.807, 2.05) is 26.0 Å². The van der Waals surface area contributed by atoms with E-state index in [1.165, 1.54) is 0 Å². The van der Waals surface area contributed by atoms with Gasteiger partial charge in [-0.05, 0) is 69.0 Å². The van der Waals surface area contributed by atoms with Crippen LogP contribution < -0.4 is 10.6 Å². The highest BCUT2D eigenvalue weighted by atomic mass is 79.9. The zero-order valence-corrected chi connectivity index (χ0v) is 13.1. The standard InChI is InChI=1S/C15H21BrN2O/c1-10-7-13(16)8-11(2)15(10)18-14(19)9-12-3-5-17-6-4-12/h7-8,12,17H,3-6,9H2,1-2H3,(H,18,19). The van der Waals surface area contributed by atoms with Gasteiger partial charge in [-0.15, -0.1) is 0 Å². The smallest absolute Gasteiger partial charge is 0.224 e. The highest BCUT2D eigenvalue weighted by molar-refractivity contribution is 9.10. The summed E-state index contributed by atoms with van der Waals surface area (Å²) in [7, 11) is 0. The molecule has 0 aromatic heterocycles. The van der Waals surface area contributed by atoms with Crippen LogP contribution in [0.2, 0.25) is 0 Å². The molecule has 0 spiro atoms. The van der Waals surface area contributed by atoms with Gasteiger partial charge in [0.25, 0.3) is 0 Å². The molecule has 2 N–H and O–H groups in total. The first-order valence-electron chi connectivity index (χ1n) is 6.83. The minimum atomic E-state index is 0.139. The summed E-state index contributed by atoms with van der Waals surface area (Å²) in [4.78, 5) is 12.1. The Hall–Kier alpha value is -0.870. The van der Waals surface area contributed by atoms with Crippen molar-refractivity contribution in [2.24, 2.45) is 5.92 Å². The molecule has 0 aliphatic carbocycles. The van der Waals surface area contributed by atoms with E-state index in [0.717, 1.165) is 47.2 Å². The molecule has 1 aromatic carbocycles. The Morgan fingerprint density at radius 1 is 1.32 bits per heavy atom. The van der Waals surface area contributed by atoms with Crippen LogP contribution in [0.15, 0.2) is 16.6 Å². The monoisotopic (exact) mass is 324 g/mol. The fraction of sp³-hybridized carbons (Fsp3) is 0.533. The van der Waals surface area contributed by atoms with E-state index in [2.05, 4.69) is 26.6 Å². The van der Waals surface area contributed by atoms with Crippen LogP contribution in [-0.2, 0) is 4.79 Å². The summed E-state index contributed by atoms with van der Waals surface area (Å²) in [5.74, 6) is 0.665. The molecule has 0 atom stereocenters. The predicted octanol–water partition coefficient (Wildman–Crippen LogP) is 3.39. The van der Waals surface area contributed by atoms with Gasteiger partial charge in [-0.2, -0.15) is 0 Å². The van der Waals surface area contributed by atoms with E-state index in [-0.39, 0.29) is 5.91 Å². The lowest BCUT2D eigenvalue weighted by Gasteiger charge is -2.22. The fourth-order valence-corrected chi connectivity index (χ4v) is 3.33. The van der Waals surface area contributed by atoms with Crippen LogP contribution in [0.5, 0.6) is 0 Å². The van der Waals surface area contributed by atoms with Crippen molar-refractivity contribution in [2.75, 3.05) is 18.4 Å². The van der Waals surface area contributed by atoms with Gasteiger partial charge >= 0.3 is 0 Å². The summed E-state index contributed by atoms with van der Waals surface area (Å²) in [5, 5.41) is 6.40. The van der Waals surface area contributed by atoms with E-state index in [0.29, 0.717) is 12.3 Å². The number of hydrogen-bond acceptors (Lipinski definition) is 2. The van der Waals surface area contributed by atoms with Gasteiger partial charge in [0.2, 0.25) is 5.91 Å². The lowest BCUT2D eigenvalue weighted by molar-refractivity contribution is -0.117. The van der Waals surface area contributed by atoms with Crippen molar-refractivity contribution in [1.82, 2.24) is 5.32 Å². The minimum absolute atomic E-state index is 0.139. The lowest BCUT2D eigenvalue weighted by atomic mass is 9.94. The maximum Gasteiger partial charge on any atom is 0.224 e. The molecular weight excluding hydrogens is 304 g/mol. The molecule has 19 heavy (non-hydrogen) atoms. The molecule has 1 aromatic rings. The first-order chi connectivity index (χ1) is 9.06. The number of nitrogens with one attached hydrogen (secondary N) is 2. The second kappa shape index (κ2) is 6.53. The molecule has 3 nitrogen and oxygen atoms in total. The second-order valence-corrected chi connectivity index (χ2v) is 6.28. The van der Waals surface area contributed by atoms with E-state index in [9.17, 15) is 4.79 Å². The lowest BCUT2D eigenvalue weighted by Crippen LogP contribution is -2.30. The Labute approximate surface area is 123 Å². The zero-order valence-electron chi connectivity index (χ0n) is 11.6. The molecule has 0 saturated carbocycles. The Balaban J connectivity index is 1.98. The van der Waals surface area contributed by atoms with Crippen LogP contribution in [-0.4, -0.2) is 19.0 Å². The first-order valence-corrected chi connectivity index (χ1v) is 7.63. The molecule has 1 aliphatic rings. The molecule has 0 bridgehead atoms. The average Bonchev–Trinajstić information content (AvgIpc) is 2.35. The Morgan fingerprint density at radius 2 is 1.89 bits per heavy atom. The van der Waals surface area contributed by atoms with Crippen LogP contribution in [0.25, 0.3) is 0 Å². The zero-order chi connectivity index (χ0) is 13.8. The second-order valence-electron chi connectivity index (χ2n) is 5.36. The number of amides is 1. The topological polar surface area (TPSA) is 41.1 Å². The van der Waals surface area contributed by atoms with Crippen molar-refractivity contribution in [1.29, 1.82) is 0 Å². The third-order valence-corrected chi connectivity index (χ3v) is 4.15. The molecule has 1 aliphatic heterocycles. The number of piperidine rings is 1. The third-order valence-electron chi connectivity index (χ3n) is 3.69. The van der Waals surface area contributed by atoms with Gasteiger partial charge in [-0.1, -0.05) is 15.9 Å². The van der Waals surface area contributed by atoms with Crippen molar-refractivity contribution in [3.63, 3.8) is 0 Å². The number of aryl methyl sites for hydroxylation is 2. The molecule has 1 fully saturated rings. The number of carbonyl (C=O) groups is 1. The normalized spacial score (nSPS) is 16.4. The van der Waals surface area contributed by atoms with Gasteiger partial charge in [0, 0.05) is 16.6 Å². The van der Waals surface area contributed by atoms with Crippen LogP contribution >= 0.6 is 15.9 Å². The fourth-order valence-electron chi connectivity index (χ4n) is 2.65. The SMILES string of the molecule is Cc1cc(Br)cc(C)c1NC(=O)CC1CCNCC1. The minimum Gasteiger partial charge on any atom is -0.326 e. The Kier molecular flexibility index (Phi) is 4.99. The van der Waals surface area contributed by atoms with Gasteiger partial charge in [0.15, 0.2) is 0 Å². The summed E-state index contributed by atoms with van der Waals surface area (Å²) >= 11 is 3.47. The molecular formula is C15H21BrN2O. The maximum absolute atomic E-state index is 12.1. The number of carbonyl (C=O) groups excluding carboxylic acids is 1. The summed E-state index contributed by atoms with van der Waals surface area (Å²) in [6, 6.07) is 4.07. The number of benzene rings is 1. The van der Waals surface area contributed by atoms with Crippen LogP contribution in [0.3, 0.4) is 0 Å². The highest BCUT2D eigenvalue weighted by Gasteiger charge is 2.17. The summed E-state index contributed by atoms with van der Waals surface area (Å²) in [6.07, 6.45) is 2.84. The largest absolute Gasteiger partial charge is 0.326 e. The van der Waals surface area contributed by atoms with Gasteiger partial charge in [0.05, 0.1) is 0 Å². The van der Waals surface area contributed by atoms with Crippen molar-refractivity contribution in [3.05, 3.63) is 27.7 Å². The van der Waals surface area contributed by atoms with Gasteiger partial charge in [-0.25, -0.2) is 0 Å². The summed E-state index contributed by atoms with van der Waals surface area (Å²) < 4.78 is 1.05. The van der Waals surface area contributed by atoms with Gasteiger partial charge < -0.3 is 10.6 Å². The molecule has 1 amide bonds. The molecule has 0 unspecified atom stereocenters. The van der Waals surface area contributed by atoms with Gasteiger partial charge in [0.1, 0.15) is 0 Å². The number of rotatable bonds is 3. The average molecular weight is 325 g/mol. The van der Waals surface area contributed by atoms with Crippen molar-refractivity contribution in [2.45, 2.75) is 33.1 Å². The third kappa shape index (κ3) is 4.05. The van der Waals surface area contributed by atoms with Crippen LogP contribution in [0.4, 0.5) is 5.69 Å². The quantitative estimate of drug-likeness (QED) is 0.894. The van der Waals surface area contributed by atoms with Crippen LogP contribution in [0.1, 0.15) is 30.4 Å². The van der Waals surface area contributed by atoms with E-state index < -0.39 is 0 Å². The number of anilines is 1. The van der Waals surface area contributed by atoms with Crippen LogP contribution in [0, 0.1) is 19.8 Å². The van der Waals surface area contributed by atoms with Crippen molar-refractivity contribution in [3.8, 4) is 0 Å². The van der Waals surface area contributed by atoms with E-state index in [1.54, 1.807) is 0 Å². The summed E-state index contributed by atoms with van der Waals surface area (Å²) in [6.45, 7) is 6.12. The van der Waals surface area contributed by atoms with E-state index >= 15 is 0 Å². The van der Waals surface area contributed by atoms with Crippen molar-refractivity contribution < 1.29 is 4.79 Å². The number of halogens is 1. The molecule has 104 valence electrons. The van der Waals surface area contributed by atoms with E-state index in [4.69, 9.17) is 0 Å². The molecule has 1 heterocycles. The maximum atomic E-state index is 12.1. The Bertz CT molecular complexity index is 444. The highest BCUT2D eigenvalue weighted by Crippen LogP contribution is 2.26. The molecule has 4 heteroatoms. The molecule has 0 radical (unpaired) electrons. The summed E-state index contributed by atoms with van der Waals surface area (Å²) in [5.41, 5.74) is 3.17. The van der Waals surface area contributed by atoms with Crippen molar-refractivity contribution >= 4 is 27.5 Å².